The number of fused-ring (bicyclic) bond motifs is 2. The minimum absolute atomic E-state index is 0.0389. The van der Waals surface area contributed by atoms with Crippen LogP contribution in [0, 0.1) is 0 Å². The Hall–Kier alpha value is -3.16. The maximum atomic E-state index is 13.2. The molecule has 2 aromatic carbocycles. The number of carbonyl (C=O) groups is 1. The van der Waals surface area contributed by atoms with E-state index in [1.54, 1.807) is 23.1 Å². The van der Waals surface area contributed by atoms with E-state index in [1.807, 2.05) is 77.0 Å². The fourth-order valence-electron chi connectivity index (χ4n) is 3.47. The second-order valence-corrected chi connectivity index (χ2v) is 9.11. The Balaban J connectivity index is 1.50. The first-order chi connectivity index (χ1) is 15.2. The number of amides is 1. The van der Waals surface area contributed by atoms with E-state index in [0.29, 0.717) is 18.3 Å². The van der Waals surface area contributed by atoms with E-state index >= 15 is 0 Å². The topological polar surface area (TPSA) is 59.2 Å². The van der Waals surface area contributed by atoms with E-state index in [2.05, 4.69) is 17.1 Å². The van der Waals surface area contributed by atoms with Crippen LogP contribution < -0.4 is 4.90 Å². The van der Waals surface area contributed by atoms with Gasteiger partial charge in [0, 0.05) is 32.9 Å². The van der Waals surface area contributed by atoms with E-state index in [0.717, 1.165) is 37.9 Å². The van der Waals surface area contributed by atoms with Crippen LogP contribution in [-0.4, -0.2) is 22.6 Å². The molecular weight excluding hydrogens is 426 g/mol. The molecule has 0 saturated carbocycles. The van der Waals surface area contributed by atoms with Crippen molar-refractivity contribution < 1.29 is 9.32 Å². The van der Waals surface area contributed by atoms with Crippen molar-refractivity contribution in [1.29, 1.82) is 0 Å². The quantitative estimate of drug-likeness (QED) is 0.351. The van der Waals surface area contributed by atoms with E-state index in [4.69, 9.17) is 4.52 Å². The summed E-state index contributed by atoms with van der Waals surface area (Å²) in [7, 11) is 0. The fraction of sp³-hybridized carbons (Fsp3) is 0.125. The van der Waals surface area contributed by atoms with Gasteiger partial charge in [0.25, 0.3) is 11.8 Å². The first-order valence-corrected chi connectivity index (χ1v) is 11.7. The molecule has 5 nitrogen and oxygen atoms in total. The number of nitrogens with zero attached hydrogens (tertiary/aromatic N) is 3. The average Bonchev–Trinajstić information content (AvgIpc) is 3.46. The van der Waals surface area contributed by atoms with Crippen molar-refractivity contribution in [2.75, 3.05) is 11.4 Å². The molecule has 0 aliphatic carbocycles. The molecule has 5 rings (SSSR count). The van der Waals surface area contributed by atoms with Crippen LogP contribution in [-0.2, 0) is 0 Å². The molecule has 1 aliphatic rings. The van der Waals surface area contributed by atoms with Crippen molar-refractivity contribution >= 4 is 46.8 Å². The SMILES string of the molecule is CCCN1C(=O)c2ccccc2Sc2cc(-c3noc(/C=C/c4cccs4)n3)ccc21. The fourth-order valence-corrected chi connectivity index (χ4v) is 5.20. The highest BCUT2D eigenvalue weighted by molar-refractivity contribution is 7.99. The van der Waals surface area contributed by atoms with Crippen LogP contribution in [0.1, 0.15) is 34.5 Å². The Bertz CT molecular complexity index is 1260. The zero-order valence-electron chi connectivity index (χ0n) is 16.8. The number of anilines is 1. The number of hydrogen-bond acceptors (Lipinski definition) is 6. The lowest BCUT2D eigenvalue weighted by Gasteiger charge is -2.22. The monoisotopic (exact) mass is 445 g/mol. The minimum Gasteiger partial charge on any atom is -0.334 e. The number of aromatic nitrogens is 2. The summed E-state index contributed by atoms with van der Waals surface area (Å²) in [5, 5.41) is 6.17. The molecular formula is C24H19N3O2S2. The van der Waals surface area contributed by atoms with Crippen molar-refractivity contribution in [1.82, 2.24) is 10.1 Å². The third-order valence-corrected chi connectivity index (χ3v) is 6.87. The van der Waals surface area contributed by atoms with Crippen molar-refractivity contribution in [3.8, 4) is 11.4 Å². The Labute approximate surface area is 188 Å². The molecule has 3 heterocycles. The Morgan fingerprint density at radius 3 is 2.81 bits per heavy atom. The van der Waals surface area contributed by atoms with Crippen LogP contribution in [0.2, 0.25) is 0 Å². The third-order valence-electron chi connectivity index (χ3n) is 4.91. The average molecular weight is 446 g/mol. The lowest BCUT2D eigenvalue weighted by Crippen LogP contribution is -2.31. The third kappa shape index (κ3) is 3.94. The van der Waals surface area contributed by atoms with Crippen LogP contribution in [0.15, 0.2) is 74.3 Å². The lowest BCUT2D eigenvalue weighted by molar-refractivity contribution is 0.0984. The predicted octanol–water partition coefficient (Wildman–Crippen LogP) is 6.49. The van der Waals surface area contributed by atoms with Gasteiger partial charge in [-0.2, -0.15) is 4.98 Å². The number of hydrogen-bond donors (Lipinski definition) is 0. The van der Waals surface area contributed by atoms with Crippen molar-refractivity contribution in [3.63, 3.8) is 0 Å². The second kappa shape index (κ2) is 8.53. The summed E-state index contributed by atoms with van der Waals surface area (Å²) in [6.07, 6.45) is 4.66. The molecule has 4 aromatic rings. The molecule has 0 unspecified atom stereocenters. The van der Waals surface area contributed by atoms with E-state index in [1.165, 1.54) is 0 Å². The molecule has 7 heteroatoms. The molecule has 2 aromatic heterocycles. The number of benzene rings is 2. The molecule has 0 atom stereocenters. The van der Waals surface area contributed by atoms with Gasteiger partial charge in [0.05, 0.1) is 11.3 Å². The Morgan fingerprint density at radius 2 is 1.97 bits per heavy atom. The first-order valence-electron chi connectivity index (χ1n) is 10.0. The standard InChI is InChI=1S/C24H19N3O2S2/c1-2-13-27-19-11-9-16(15-21(19)31-20-8-4-3-7-18(20)24(27)28)23-25-22(29-26-23)12-10-17-6-5-14-30-17/h3-12,14-15H,2,13H2,1H3/b12-10+. The summed E-state index contributed by atoms with van der Waals surface area (Å²) in [6, 6.07) is 17.8. The van der Waals surface area contributed by atoms with Gasteiger partial charge < -0.3 is 9.42 Å². The summed E-state index contributed by atoms with van der Waals surface area (Å²) in [5.41, 5.74) is 2.51. The predicted molar refractivity (Wildman–Crippen MR) is 126 cm³/mol. The lowest BCUT2D eigenvalue weighted by atomic mass is 10.1. The van der Waals surface area contributed by atoms with Gasteiger partial charge in [-0.15, -0.1) is 11.3 Å². The minimum atomic E-state index is 0.0389. The number of rotatable bonds is 5. The maximum absolute atomic E-state index is 13.2. The maximum Gasteiger partial charge on any atom is 0.259 e. The van der Waals surface area contributed by atoms with Crippen LogP contribution in [0.25, 0.3) is 23.5 Å². The largest absolute Gasteiger partial charge is 0.334 e. The van der Waals surface area contributed by atoms with Gasteiger partial charge in [0.2, 0.25) is 5.82 Å². The molecule has 0 radical (unpaired) electrons. The van der Waals surface area contributed by atoms with Crippen molar-refractivity contribution in [2.24, 2.45) is 0 Å². The highest BCUT2D eigenvalue weighted by atomic mass is 32.2. The Kier molecular flexibility index (Phi) is 5.44. The first kappa shape index (κ1) is 19.8. The molecule has 31 heavy (non-hydrogen) atoms. The molecule has 0 saturated heterocycles. The van der Waals surface area contributed by atoms with Crippen LogP contribution in [0.3, 0.4) is 0 Å². The molecule has 154 valence electrons. The van der Waals surface area contributed by atoms with Crippen LogP contribution >= 0.6 is 23.1 Å². The summed E-state index contributed by atoms with van der Waals surface area (Å²) in [5.74, 6) is 1.02. The highest BCUT2D eigenvalue weighted by Gasteiger charge is 2.27. The summed E-state index contributed by atoms with van der Waals surface area (Å²) >= 11 is 3.25. The van der Waals surface area contributed by atoms with Gasteiger partial charge in [0.15, 0.2) is 0 Å². The zero-order valence-corrected chi connectivity index (χ0v) is 18.5. The Morgan fingerprint density at radius 1 is 1.06 bits per heavy atom. The van der Waals surface area contributed by atoms with Gasteiger partial charge in [0.1, 0.15) is 0 Å². The smallest absolute Gasteiger partial charge is 0.259 e. The number of carbonyl (C=O) groups excluding carboxylic acids is 1. The van der Waals surface area contributed by atoms with Gasteiger partial charge in [-0.1, -0.05) is 42.0 Å². The van der Waals surface area contributed by atoms with E-state index in [-0.39, 0.29) is 5.91 Å². The zero-order chi connectivity index (χ0) is 21.2. The van der Waals surface area contributed by atoms with Crippen molar-refractivity contribution in [2.45, 2.75) is 23.1 Å². The van der Waals surface area contributed by atoms with Crippen LogP contribution in [0.4, 0.5) is 5.69 Å². The molecule has 0 N–H and O–H groups in total. The van der Waals surface area contributed by atoms with E-state index in [9.17, 15) is 4.79 Å². The van der Waals surface area contributed by atoms with E-state index < -0.39 is 0 Å². The van der Waals surface area contributed by atoms with Crippen LogP contribution in [0.5, 0.6) is 0 Å². The second-order valence-electron chi connectivity index (χ2n) is 7.04. The molecule has 0 bridgehead atoms. The summed E-state index contributed by atoms with van der Waals surface area (Å²) in [4.78, 5) is 22.7. The number of thiophene rings is 1. The molecule has 1 amide bonds. The van der Waals surface area contributed by atoms with Crippen molar-refractivity contribution in [3.05, 3.63) is 76.3 Å². The van der Waals surface area contributed by atoms with Gasteiger partial charge in [-0.05, 0) is 54.3 Å². The highest BCUT2D eigenvalue weighted by Crippen LogP contribution is 2.42. The van der Waals surface area contributed by atoms with Gasteiger partial charge >= 0.3 is 0 Å². The molecule has 0 spiro atoms. The molecule has 0 fully saturated rings. The van der Waals surface area contributed by atoms with Gasteiger partial charge in [-0.3, -0.25) is 4.79 Å². The summed E-state index contributed by atoms with van der Waals surface area (Å²) < 4.78 is 5.40. The normalized spacial score (nSPS) is 13.3. The molecule has 1 aliphatic heterocycles. The summed E-state index contributed by atoms with van der Waals surface area (Å²) in [6.45, 7) is 2.75. The van der Waals surface area contributed by atoms with Gasteiger partial charge in [-0.25, -0.2) is 0 Å².